The van der Waals surface area contributed by atoms with Crippen LogP contribution in [0.2, 0.25) is 0 Å². The summed E-state index contributed by atoms with van der Waals surface area (Å²) in [6, 6.07) is 0.856. The molecule has 90 valence electrons. The minimum atomic E-state index is 0.295. The third-order valence-electron chi connectivity index (χ3n) is 3.94. The second kappa shape index (κ2) is 6.49. The first kappa shape index (κ1) is 13.0. The molecule has 0 aromatic heterocycles. The zero-order valence-corrected chi connectivity index (χ0v) is 10.5. The molecular formula is C13H27NO. The smallest absolute Gasteiger partial charge is 0.0587 e. The maximum Gasteiger partial charge on any atom is 0.0587 e. The van der Waals surface area contributed by atoms with E-state index in [0.29, 0.717) is 24.6 Å². The third-order valence-corrected chi connectivity index (χ3v) is 3.94. The molecule has 2 unspecified atom stereocenters. The molecule has 2 atom stereocenters. The van der Waals surface area contributed by atoms with Crippen LogP contribution in [0.1, 0.15) is 52.9 Å². The summed E-state index contributed by atoms with van der Waals surface area (Å²) in [6.45, 7) is 7.03. The number of aliphatic hydroxyl groups excluding tert-OH is 1. The van der Waals surface area contributed by atoms with Crippen molar-refractivity contribution < 1.29 is 5.11 Å². The van der Waals surface area contributed by atoms with E-state index >= 15 is 0 Å². The fourth-order valence-corrected chi connectivity index (χ4v) is 2.51. The van der Waals surface area contributed by atoms with Gasteiger partial charge in [0.2, 0.25) is 0 Å². The third kappa shape index (κ3) is 4.12. The molecular weight excluding hydrogens is 186 g/mol. The Labute approximate surface area is 94.5 Å². The second-order valence-corrected chi connectivity index (χ2v) is 5.28. The maximum absolute atomic E-state index is 9.43. The van der Waals surface area contributed by atoms with E-state index in [0.717, 1.165) is 12.3 Å². The lowest BCUT2D eigenvalue weighted by atomic mass is 9.79. The highest BCUT2D eigenvalue weighted by Gasteiger charge is 2.25. The van der Waals surface area contributed by atoms with Crippen LogP contribution in [-0.4, -0.2) is 23.8 Å². The highest BCUT2D eigenvalue weighted by Crippen LogP contribution is 2.30. The Morgan fingerprint density at radius 3 is 2.33 bits per heavy atom. The quantitative estimate of drug-likeness (QED) is 0.735. The topological polar surface area (TPSA) is 32.3 Å². The molecule has 15 heavy (non-hydrogen) atoms. The summed E-state index contributed by atoms with van der Waals surface area (Å²) in [5.41, 5.74) is 0. The average Bonchev–Trinajstić information content (AvgIpc) is 2.27. The van der Waals surface area contributed by atoms with Crippen LogP contribution in [0.5, 0.6) is 0 Å². The molecule has 2 N–H and O–H groups in total. The van der Waals surface area contributed by atoms with Crippen molar-refractivity contribution in [3.8, 4) is 0 Å². The maximum atomic E-state index is 9.43. The summed E-state index contributed by atoms with van der Waals surface area (Å²) < 4.78 is 0. The lowest BCUT2D eigenvalue weighted by Crippen LogP contribution is -2.44. The van der Waals surface area contributed by atoms with E-state index in [1.54, 1.807) is 0 Å². The van der Waals surface area contributed by atoms with E-state index < -0.39 is 0 Å². The normalized spacial score (nSPS) is 31.2. The lowest BCUT2D eigenvalue weighted by molar-refractivity contribution is 0.149. The van der Waals surface area contributed by atoms with Gasteiger partial charge in [0.05, 0.1) is 6.61 Å². The number of rotatable bonds is 5. The van der Waals surface area contributed by atoms with Crippen LogP contribution in [0.25, 0.3) is 0 Å². The molecule has 0 aliphatic heterocycles. The van der Waals surface area contributed by atoms with Crippen LogP contribution in [-0.2, 0) is 0 Å². The van der Waals surface area contributed by atoms with E-state index in [9.17, 15) is 5.11 Å². The Hall–Kier alpha value is -0.0800. The summed E-state index contributed by atoms with van der Waals surface area (Å²) >= 11 is 0. The molecule has 0 heterocycles. The minimum Gasteiger partial charge on any atom is -0.395 e. The van der Waals surface area contributed by atoms with Crippen LogP contribution < -0.4 is 5.32 Å². The number of nitrogens with one attached hydrogen (secondary N) is 1. The molecule has 1 rings (SSSR count). The highest BCUT2D eigenvalue weighted by molar-refractivity contribution is 4.82. The van der Waals surface area contributed by atoms with Gasteiger partial charge in [-0.15, -0.1) is 0 Å². The van der Waals surface area contributed by atoms with Crippen molar-refractivity contribution in [3.63, 3.8) is 0 Å². The first-order valence-electron chi connectivity index (χ1n) is 6.54. The lowest BCUT2D eigenvalue weighted by Gasteiger charge is -2.33. The Morgan fingerprint density at radius 1 is 1.27 bits per heavy atom. The van der Waals surface area contributed by atoms with Crippen molar-refractivity contribution >= 4 is 0 Å². The van der Waals surface area contributed by atoms with Gasteiger partial charge >= 0.3 is 0 Å². The standard InChI is InChI=1S/C13H27NO/c1-4-11(3)14-13(9-15)12-7-5-10(2)6-8-12/h10-15H,4-9H2,1-3H3. The van der Waals surface area contributed by atoms with E-state index in [2.05, 4.69) is 26.1 Å². The first-order chi connectivity index (χ1) is 7.17. The fraction of sp³-hybridized carbons (Fsp3) is 1.00. The molecule has 0 spiro atoms. The van der Waals surface area contributed by atoms with Gasteiger partial charge in [0.1, 0.15) is 0 Å². The molecule has 0 radical (unpaired) electrons. The van der Waals surface area contributed by atoms with Crippen molar-refractivity contribution in [3.05, 3.63) is 0 Å². The van der Waals surface area contributed by atoms with E-state index in [-0.39, 0.29) is 0 Å². The average molecular weight is 213 g/mol. The number of aliphatic hydroxyl groups is 1. The van der Waals surface area contributed by atoms with E-state index in [1.165, 1.54) is 25.7 Å². The van der Waals surface area contributed by atoms with Crippen molar-refractivity contribution in [2.24, 2.45) is 11.8 Å². The Morgan fingerprint density at radius 2 is 1.87 bits per heavy atom. The predicted octanol–water partition coefficient (Wildman–Crippen LogP) is 2.56. The van der Waals surface area contributed by atoms with Gasteiger partial charge in [-0.1, -0.05) is 26.7 Å². The van der Waals surface area contributed by atoms with E-state index in [1.807, 2.05) is 0 Å². The second-order valence-electron chi connectivity index (χ2n) is 5.28. The van der Waals surface area contributed by atoms with Gasteiger partial charge in [0, 0.05) is 12.1 Å². The predicted molar refractivity (Wildman–Crippen MR) is 64.9 cm³/mol. The van der Waals surface area contributed by atoms with Crippen molar-refractivity contribution in [2.75, 3.05) is 6.61 Å². The van der Waals surface area contributed by atoms with Crippen molar-refractivity contribution in [1.29, 1.82) is 0 Å². The molecule has 2 nitrogen and oxygen atoms in total. The molecule has 1 aliphatic rings. The summed E-state index contributed by atoms with van der Waals surface area (Å²) in [5.74, 6) is 1.59. The summed E-state index contributed by atoms with van der Waals surface area (Å²) in [5, 5.41) is 13.0. The van der Waals surface area contributed by atoms with Gasteiger partial charge in [0.25, 0.3) is 0 Å². The molecule has 0 aromatic rings. The molecule has 0 amide bonds. The fourth-order valence-electron chi connectivity index (χ4n) is 2.51. The van der Waals surface area contributed by atoms with Crippen molar-refractivity contribution in [1.82, 2.24) is 5.32 Å². The largest absolute Gasteiger partial charge is 0.395 e. The van der Waals surface area contributed by atoms with Crippen molar-refractivity contribution in [2.45, 2.75) is 65.0 Å². The van der Waals surface area contributed by atoms with Crippen LogP contribution >= 0.6 is 0 Å². The van der Waals surface area contributed by atoms with Crippen LogP contribution in [0, 0.1) is 11.8 Å². The monoisotopic (exact) mass is 213 g/mol. The molecule has 1 saturated carbocycles. The molecule has 1 fully saturated rings. The number of hydrogen-bond donors (Lipinski definition) is 2. The minimum absolute atomic E-state index is 0.295. The van der Waals surface area contributed by atoms with Crippen LogP contribution in [0.4, 0.5) is 0 Å². The van der Waals surface area contributed by atoms with Gasteiger partial charge in [0.15, 0.2) is 0 Å². The van der Waals surface area contributed by atoms with Gasteiger partial charge in [-0.3, -0.25) is 0 Å². The van der Waals surface area contributed by atoms with Gasteiger partial charge in [-0.25, -0.2) is 0 Å². The molecule has 0 bridgehead atoms. The first-order valence-corrected chi connectivity index (χ1v) is 6.54. The van der Waals surface area contributed by atoms with E-state index in [4.69, 9.17) is 0 Å². The summed E-state index contributed by atoms with van der Waals surface area (Å²) in [6.07, 6.45) is 6.39. The molecule has 0 saturated heterocycles. The highest BCUT2D eigenvalue weighted by atomic mass is 16.3. The Bertz CT molecular complexity index is 164. The SMILES string of the molecule is CCC(C)NC(CO)C1CCC(C)CC1. The van der Waals surface area contributed by atoms with Crippen LogP contribution in [0.3, 0.4) is 0 Å². The zero-order chi connectivity index (χ0) is 11.3. The molecule has 2 heteroatoms. The molecule has 0 aromatic carbocycles. The summed E-state index contributed by atoms with van der Waals surface area (Å²) in [7, 11) is 0. The number of hydrogen-bond acceptors (Lipinski definition) is 2. The van der Waals surface area contributed by atoms with Gasteiger partial charge in [-0.2, -0.15) is 0 Å². The van der Waals surface area contributed by atoms with Crippen LogP contribution in [0.15, 0.2) is 0 Å². The Balaban J connectivity index is 2.37. The van der Waals surface area contributed by atoms with Gasteiger partial charge in [-0.05, 0) is 38.0 Å². The zero-order valence-electron chi connectivity index (χ0n) is 10.5. The summed E-state index contributed by atoms with van der Waals surface area (Å²) in [4.78, 5) is 0. The molecule has 1 aliphatic carbocycles. The Kier molecular flexibility index (Phi) is 5.62. The van der Waals surface area contributed by atoms with Gasteiger partial charge < -0.3 is 10.4 Å².